The summed E-state index contributed by atoms with van der Waals surface area (Å²) in [7, 11) is 1.70. The first-order valence-corrected chi connectivity index (χ1v) is 14.3. The summed E-state index contributed by atoms with van der Waals surface area (Å²) in [5.41, 5.74) is 9.90. The highest BCUT2D eigenvalue weighted by atomic mass is 16.5. The maximum Gasteiger partial charge on any atom is 0.223 e. The molecule has 3 aromatic carbocycles. The highest BCUT2D eigenvalue weighted by molar-refractivity contribution is 5.78. The number of fused-ring (bicyclic) bond motifs is 1. The van der Waals surface area contributed by atoms with E-state index in [0.29, 0.717) is 25.9 Å². The fourth-order valence-electron chi connectivity index (χ4n) is 5.84. The second kappa shape index (κ2) is 11.5. The number of ether oxygens (including phenoxy) is 1. The van der Waals surface area contributed by atoms with Crippen LogP contribution in [0.3, 0.4) is 0 Å². The molecule has 0 spiro atoms. The molecule has 3 heterocycles. The van der Waals surface area contributed by atoms with E-state index in [9.17, 15) is 4.79 Å². The van der Waals surface area contributed by atoms with E-state index < -0.39 is 0 Å². The van der Waals surface area contributed by atoms with E-state index in [1.165, 1.54) is 16.7 Å². The Balaban J connectivity index is 1.25. The van der Waals surface area contributed by atoms with Gasteiger partial charge < -0.3 is 18.9 Å². The molecule has 6 heteroatoms. The molecule has 6 nitrogen and oxygen atoms in total. The summed E-state index contributed by atoms with van der Waals surface area (Å²) < 4.78 is 7.74. The molecule has 0 saturated carbocycles. The van der Waals surface area contributed by atoms with Gasteiger partial charge in [-0.3, -0.25) is 4.79 Å². The Hall–Kier alpha value is -4.58. The smallest absolute Gasteiger partial charge is 0.223 e. The van der Waals surface area contributed by atoms with Crippen LogP contribution in [0.4, 0.5) is 5.69 Å². The molecule has 0 unspecified atom stereocenters. The Morgan fingerprint density at radius 2 is 1.61 bits per heavy atom. The minimum absolute atomic E-state index is 0.185. The maximum absolute atomic E-state index is 13.5. The van der Waals surface area contributed by atoms with Gasteiger partial charge in [-0.05, 0) is 61.2 Å². The summed E-state index contributed by atoms with van der Waals surface area (Å²) in [5.74, 6) is 1.05. The minimum atomic E-state index is 0.185. The van der Waals surface area contributed by atoms with Gasteiger partial charge in [0.1, 0.15) is 11.4 Å². The number of piperazine rings is 1. The number of hydrogen-bond donors (Lipinski definition) is 0. The van der Waals surface area contributed by atoms with Crippen LogP contribution in [-0.2, 0) is 11.2 Å². The van der Waals surface area contributed by atoms with Crippen molar-refractivity contribution in [3.05, 3.63) is 108 Å². The van der Waals surface area contributed by atoms with Gasteiger partial charge in [0.2, 0.25) is 5.91 Å². The lowest BCUT2D eigenvalue weighted by Crippen LogP contribution is -2.49. The number of aromatic nitrogens is 2. The van der Waals surface area contributed by atoms with Crippen LogP contribution < -0.4 is 9.64 Å². The van der Waals surface area contributed by atoms with Crippen LogP contribution in [0.1, 0.15) is 23.2 Å². The van der Waals surface area contributed by atoms with Crippen molar-refractivity contribution in [3.8, 4) is 28.1 Å². The molecule has 1 aliphatic heterocycles. The predicted octanol–water partition coefficient (Wildman–Crippen LogP) is 6.58. The number of carbonyl (C=O) groups is 1. The van der Waals surface area contributed by atoms with Crippen molar-refractivity contribution < 1.29 is 9.53 Å². The number of benzene rings is 3. The van der Waals surface area contributed by atoms with Crippen LogP contribution in [0, 0.1) is 13.8 Å². The average molecular weight is 545 g/mol. The molecule has 0 atom stereocenters. The van der Waals surface area contributed by atoms with Crippen LogP contribution >= 0.6 is 0 Å². The molecule has 1 aliphatic rings. The first kappa shape index (κ1) is 26.6. The van der Waals surface area contributed by atoms with E-state index in [1.54, 1.807) is 7.11 Å². The molecule has 0 N–H and O–H groups in total. The standard InChI is InChI=1S/C35H36N4O2/c1-25-13-14-26(2)29(23-25)28-15-17-33-36-35(27-9-5-4-6-10-27)31(39(33)24-28)16-18-34(40)38-21-19-37(20-22-38)30-11-7-8-12-32(30)41-3/h4-15,17,23-24H,16,18-22H2,1-3H3. The number of imidazole rings is 1. The topological polar surface area (TPSA) is 50.1 Å². The predicted molar refractivity (Wildman–Crippen MR) is 166 cm³/mol. The normalized spacial score (nSPS) is 13.5. The summed E-state index contributed by atoms with van der Waals surface area (Å²) >= 11 is 0. The molecule has 2 aromatic heterocycles. The lowest BCUT2D eigenvalue weighted by Gasteiger charge is -2.36. The Labute approximate surface area is 241 Å². The zero-order valence-corrected chi connectivity index (χ0v) is 24.0. The number of carbonyl (C=O) groups excluding carboxylic acids is 1. The summed E-state index contributed by atoms with van der Waals surface area (Å²) in [6.07, 6.45) is 3.24. The highest BCUT2D eigenvalue weighted by Crippen LogP contribution is 2.31. The monoisotopic (exact) mass is 544 g/mol. The number of methoxy groups -OCH3 is 1. The number of hydrogen-bond acceptors (Lipinski definition) is 4. The first-order chi connectivity index (χ1) is 20.0. The van der Waals surface area contributed by atoms with Crippen LogP contribution in [0.15, 0.2) is 91.1 Å². The maximum atomic E-state index is 13.5. The van der Waals surface area contributed by atoms with Crippen molar-refractivity contribution in [2.45, 2.75) is 26.7 Å². The third-order valence-corrected chi connectivity index (χ3v) is 8.10. The average Bonchev–Trinajstić information content (AvgIpc) is 3.39. The van der Waals surface area contributed by atoms with E-state index in [2.05, 4.69) is 77.9 Å². The molecule has 41 heavy (non-hydrogen) atoms. The van der Waals surface area contributed by atoms with E-state index >= 15 is 0 Å². The SMILES string of the molecule is COc1ccccc1N1CCN(C(=O)CCc2c(-c3ccccc3)nc3ccc(-c4cc(C)ccc4C)cn23)CC1. The number of rotatable bonds is 7. The molecule has 208 valence electrons. The number of pyridine rings is 1. The summed E-state index contributed by atoms with van der Waals surface area (Å²) in [4.78, 5) is 22.8. The molecule has 6 rings (SSSR count). The fraction of sp³-hybridized carbons (Fsp3) is 0.257. The third kappa shape index (κ3) is 5.42. The second-order valence-electron chi connectivity index (χ2n) is 10.8. The van der Waals surface area contributed by atoms with Gasteiger partial charge in [-0.2, -0.15) is 0 Å². The van der Waals surface area contributed by atoms with Crippen molar-refractivity contribution >= 4 is 17.2 Å². The van der Waals surface area contributed by atoms with E-state index in [-0.39, 0.29) is 5.91 Å². The zero-order valence-electron chi connectivity index (χ0n) is 24.0. The van der Waals surface area contributed by atoms with Gasteiger partial charge in [-0.1, -0.05) is 66.2 Å². The fourth-order valence-corrected chi connectivity index (χ4v) is 5.84. The number of nitrogens with zero attached hydrogens (tertiary/aromatic N) is 4. The van der Waals surface area contributed by atoms with Gasteiger partial charge in [-0.15, -0.1) is 0 Å². The van der Waals surface area contributed by atoms with Gasteiger partial charge in [0, 0.05) is 44.4 Å². The Kier molecular flexibility index (Phi) is 7.47. The van der Waals surface area contributed by atoms with Crippen LogP contribution in [0.2, 0.25) is 0 Å². The lowest BCUT2D eigenvalue weighted by atomic mass is 10.00. The van der Waals surface area contributed by atoms with Crippen molar-refractivity contribution in [1.82, 2.24) is 14.3 Å². The molecule has 0 aliphatic carbocycles. The number of aryl methyl sites for hydroxylation is 3. The highest BCUT2D eigenvalue weighted by Gasteiger charge is 2.24. The van der Waals surface area contributed by atoms with Gasteiger partial charge in [0.05, 0.1) is 24.2 Å². The van der Waals surface area contributed by atoms with Gasteiger partial charge in [0.25, 0.3) is 0 Å². The van der Waals surface area contributed by atoms with Gasteiger partial charge in [0.15, 0.2) is 0 Å². The summed E-state index contributed by atoms with van der Waals surface area (Å²) in [5, 5.41) is 0. The molecule has 1 saturated heterocycles. The van der Waals surface area contributed by atoms with E-state index in [1.807, 2.05) is 41.3 Å². The Morgan fingerprint density at radius 1 is 0.854 bits per heavy atom. The quantitative estimate of drug-likeness (QED) is 0.232. The van der Waals surface area contributed by atoms with Gasteiger partial charge in [-0.25, -0.2) is 4.98 Å². The van der Waals surface area contributed by atoms with Crippen LogP contribution in [-0.4, -0.2) is 53.5 Å². The number of amides is 1. The first-order valence-electron chi connectivity index (χ1n) is 14.3. The largest absolute Gasteiger partial charge is 0.495 e. The van der Waals surface area contributed by atoms with E-state index in [0.717, 1.165) is 52.7 Å². The summed E-state index contributed by atoms with van der Waals surface area (Å²) in [6.45, 7) is 7.25. The lowest BCUT2D eigenvalue weighted by molar-refractivity contribution is -0.131. The summed E-state index contributed by atoms with van der Waals surface area (Å²) in [6, 6.07) is 29.2. The molecule has 1 fully saturated rings. The number of anilines is 1. The van der Waals surface area contributed by atoms with Crippen molar-refractivity contribution in [2.24, 2.45) is 0 Å². The second-order valence-corrected chi connectivity index (χ2v) is 10.8. The van der Waals surface area contributed by atoms with Crippen molar-refractivity contribution in [2.75, 3.05) is 38.2 Å². The molecular weight excluding hydrogens is 508 g/mol. The van der Waals surface area contributed by atoms with Crippen molar-refractivity contribution in [1.29, 1.82) is 0 Å². The van der Waals surface area contributed by atoms with Crippen LogP contribution in [0.25, 0.3) is 28.0 Å². The van der Waals surface area contributed by atoms with Gasteiger partial charge >= 0.3 is 0 Å². The molecule has 0 bridgehead atoms. The minimum Gasteiger partial charge on any atom is -0.495 e. The van der Waals surface area contributed by atoms with E-state index in [4.69, 9.17) is 9.72 Å². The molecular formula is C35H36N4O2. The number of para-hydroxylation sites is 2. The molecule has 0 radical (unpaired) electrons. The van der Waals surface area contributed by atoms with Crippen molar-refractivity contribution in [3.63, 3.8) is 0 Å². The molecule has 1 amide bonds. The zero-order chi connectivity index (χ0) is 28.3. The van der Waals surface area contributed by atoms with Crippen LogP contribution in [0.5, 0.6) is 5.75 Å². The Morgan fingerprint density at radius 3 is 2.39 bits per heavy atom. The Bertz CT molecular complexity index is 1680. The molecule has 5 aromatic rings. The third-order valence-electron chi connectivity index (χ3n) is 8.10.